The smallest absolute Gasteiger partial charge is 0.315 e. The molecule has 0 spiro atoms. The second kappa shape index (κ2) is 8.58. The first-order valence-corrected chi connectivity index (χ1v) is 7.89. The van der Waals surface area contributed by atoms with E-state index in [0.29, 0.717) is 24.9 Å². The molecule has 0 aromatic carbocycles. The van der Waals surface area contributed by atoms with Crippen molar-refractivity contribution in [3.05, 3.63) is 24.5 Å². The van der Waals surface area contributed by atoms with Crippen LogP contribution in [0.1, 0.15) is 25.7 Å². The molecule has 6 nitrogen and oxygen atoms in total. The van der Waals surface area contributed by atoms with Crippen molar-refractivity contribution < 1.29 is 9.53 Å². The molecular weight excluding hydrogens is 280 g/mol. The number of carbonyl (C=O) groups excluding carboxylic acids is 1. The first-order valence-electron chi connectivity index (χ1n) is 7.89. The Kier molecular flexibility index (Phi) is 6.45. The molecule has 0 aliphatic heterocycles. The van der Waals surface area contributed by atoms with Gasteiger partial charge in [0.05, 0.1) is 12.7 Å². The van der Waals surface area contributed by atoms with Gasteiger partial charge in [-0.3, -0.25) is 4.98 Å². The SMILES string of the molecule is CN(C)[C@@H]1CCC[C@H](NC(=O)NCCOc2cccnc2)C1. The molecule has 6 heteroatoms. The Morgan fingerprint density at radius 1 is 1.45 bits per heavy atom. The van der Waals surface area contributed by atoms with Crippen LogP contribution in [0.25, 0.3) is 0 Å². The summed E-state index contributed by atoms with van der Waals surface area (Å²) in [4.78, 5) is 18.1. The molecule has 2 rings (SSSR count). The van der Waals surface area contributed by atoms with Gasteiger partial charge < -0.3 is 20.3 Å². The number of amides is 2. The predicted octanol–water partition coefficient (Wildman–Crippen LogP) is 1.63. The topological polar surface area (TPSA) is 66.5 Å². The van der Waals surface area contributed by atoms with Gasteiger partial charge in [0, 0.05) is 18.3 Å². The lowest BCUT2D eigenvalue weighted by Crippen LogP contribution is -2.47. The summed E-state index contributed by atoms with van der Waals surface area (Å²) in [7, 11) is 4.20. The van der Waals surface area contributed by atoms with E-state index in [2.05, 4.69) is 34.6 Å². The van der Waals surface area contributed by atoms with Crippen molar-refractivity contribution in [1.29, 1.82) is 0 Å². The number of carbonyl (C=O) groups is 1. The number of rotatable bonds is 6. The maximum absolute atomic E-state index is 11.9. The molecule has 0 unspecified atom stereocenters. The lowest BCUT2D eigenvalue weighted by Gasteiger charge is -2.33. The zero-order chi connectivity index (χ0) is 15.8. The highest BCUT2D eigenvalue weighted by atomic mass is 16.5. The summed E-state index contributed by atoms with van der Waals surface area (Å²) in [5.41, 5.74) is 0. The van der Waals surface area contributed by atoms with E-state index in [9.17, 15) is 4.79 Å². The van der Waals surface area contributed by atoms with Crippen LogP contribution in [0.4, 0.5) is 4.79 Å². The molecule has 1 aliphatic rings. The van der Waals surface area contributed by atoms with Crippen LogP contribution in [-0.4, -0.2) is 55.2 Å². The van der Waals surface area contributed by atoms with E-state index in [4.69, 9.17) is 4.74 Å². The summed E-state index contributed by atoms with van der Waals surface area (Å²) in [6, 6.07) is 4.38. The summed E-state index contributed by atoms with van der Waals surface area (Å²) in [6.45, 7) is 0.911. The van der Waals surface area contributed by atoms with Gasteiger partial charge in [-0.2, -0.15) is 0 Å². The quantitative estimate of drug-likeness (QED) is 0.784. The summed E-state index contributed by atoms with van der Waals surface area (Å²) < 4.78 is 5.48. The molecule has 2 N–H and O–H groups in total. The number of hydrogen-bond acceptors (Lipinski definition) is 4. The van der Waals surface area contributed by atoms with Crippen molar-refractivity contribution in [3.63, 3.8) is 0 Å². The number of hydrogen-bond donors (Lipinski definition) is 2. The van der Waals surface area contributed by atoms with E-state index < -0.39 is 0 Å². The molecule has 0 radical (unpaired) electrons. The van der Waals surface area contributed by atoms with Crippen LogP contribution < -0.4 is 15.4 Å². The number of pyridine rings is 1. The lowest BCUT2D eigenvalue weighted by molar-refractivity contribution is 0.192. The van der Waals surface area contributed by atoms with Gasteiger partial charge in [0.15, 0.2) is 0 Å². The second-order valence-corrected chi connectivity index (χ2v) is 5.92. The number of ether oxygens (including phenoxy) is 1. The van der Waals surface area contributed by atoms with E-state index in [0.717, 1.165) is 19.3 Å². The Balaban J connectivity index is 1.61. The van der Waals surface area contributed by atoms with Crippen LogP contribution in [0.15, 0.2) is 24.5 Å². The van der Waals surface area contributed by atoms with Gasteiger partial charge >= 0.3 is 6.03 Å². The molecule has 1 aromatic rings. The number of nitrogens with zero attached hydrogens (tertiary/aromatic N) is 2. The maximum Gasteiger partial charge on any atom is 0.315 e. The van der Waals surface area contributed by atoms with Gasteiger partial charge in [-0.1, -0.05) is 0 Å². The van der Waals surface area contributed by atoms with E-state index >= 15 is 0 Å². The van der Waals surface area contributed by atoms with Crippen molar-refractivity contribution >= 4 is 6.03 Å². The summed E-state index contributed by atoms with van der Waals surface area (Å²) >= 11 is 0. The fraction of sp³-hybridized carbons (Fsp3) is 0.625. The van der Waals surface area contributed by atoms with Crippen molar-refractivity contribution in [2.24, 2.45) is 0 Å². The molecule has 22 heavy (non-hydrogen) atoms. The molecule has 0 bridgehead atoms. The highest BCUT2D eigenvalue weighted by Crippen LogP contribution is 2.21. The molecule has 1 fully saturated rings. The molecule has 1 aliphatic carbocycles. The normalized spacial score (nSPS) is 21.4. The van der Waals surface area contributed by atoms with Gasteiger partial charge in [0.2, 0.25) is 0 Å². The van der Waals surface area contributed by atoms with Gasteiger partial charge in [-0.25, -0.2) is 4.79 Å². The zero-order valence-electron chi connectivity index (χ0n) is 13.4. The molecule has 1 heterocycles. The average molecular weight is 306 g/mol. The van der Waals surface area contributed by atoms with Crippen LogP contribution >= 0.6 is 0 Å². The van der Waals surface area contributed by atoms with Crippen LogP contribution in [0.2, 0.25) is 0 Å². The van der Waals surface area contributed by atoms with Crippen LogP contribution in [-0.2, 0) is 0 Å². The third kappa shape index (κ3) is 5.52. The maximum atomic E-state index is 11.9. The Bertz CT molecular complexity index is 453. The van der Waals surface area contributed by atoms with Crippen LogP contribution in [0.3, 0.4) is 0 Å². The number of aromatic nitrogens is 1. The van der Waals surface area contributed by atoms with Gasteiger partial charge in [-0.15, -0.1) is 0 Å². The summed E-state index contributed by atoms with van der Waals surface area (Å²) in [5, 5.41) is 5.89. The molecule has 1 aromatic heterocycles. The first kappa shape index (κ1) is 16.5. The molecule has 0 saturated heterocycles. The van der Waals surface area contributed by atoms with E-state index in [1.54, 1.807) is 12.4 Å². The van der Waals surface area contributed by atoms with E-state index in [-0.39, 0.29) is 12.1 Å². The largest absolute Gasteiger partial charge is 0.490 e. The fourth-order valence-electron chi connectivity index (χ4n) is 2.77. The standard InChI is InChI=1S/C16H26N4O2/c1-20(2)14-6-3-5-13(11-14)19-16(21)18-9-10-22-15-7-4-8-17-12-15/h4,7-8,12-14H,3,5-6,9-11H2,1-2H3,(H2,18,19,21)/t13-,14+/m0/s1. The third-order valence-corrected chi connectivity index (χ3v) is 4.00. The van der Waals surface area contributed by atoms with Crippen molar-refractivity contribution in [3.8, 4) is 5.75 Å². The highest BCUT2D eigenvalue weighted by Gasteiger charge is 2.24. The minimum Gasteiger partial charge on any atom is -0.490 e. The van der Waals surface area contributed by atoms with Gasteiger partial charge in [0.1, 0.15) is 12.4 Å². The summed E-state index contributed by atoms with van der Waals surface area (Å²) in [5.74, 6) is 0.714. The third-order valence-electron chi connectivity index (χ3n) is 4.00. The zero-order valence-corrected chi connectivity index (χ0v) is 13.4. The van der Waals surface area contributed by atoms with E-state index in [1.165, 1.54) is 6.42 Å². The van der Waals surface area contributed by atoms with Gasteiger partial charge in [-0.05, 0) is 51.9 Å². The number of nitrogens with one attached hydrogen (secondary N) is 2. The van der Waals surface area contributed by atoms with Crippen molar-refractivity contribution in [1.82, 2.24) is 20.5 Å². The minimum atomic E-state index is -0.112. The van der Waals surface area contributed by atoms with Crippen molar-refractivity contribution in [2.45, 2.75) is 37.8 Å². The second-order valence-electron chi connectivity index (χ2n) is 5.92. The van der Waals surface area contributed by atoms with Crippen LogP contribution in [0, 0.1) is 0 Å². The van der Waals surface area contributed by atoms with Crippen molar-refractivity contribution in [2.75, 3.05) is 27.2 Å². The van der Waals surface area contributed by atoms with Gasteiger partial charge in [0.25, 0.3) is 0 Å². The molecule has 1 saturated carbocycles. The first-order chi connectivity index (χ1) is 10.6. The highest BCUT2D eigenvalue weighted by molar-refractivity contribution is 5.74. The fourth-order valence-corrected chi connectivity index (χ4v) is 2.77. The molecule has 2 amide bonds. The van der Waals surface area contributed by atoms with Crippen LogP contribution in [0.5, 0.6) is 5.75 Å². The van der Waals surface area contributed by atoms with E-state index in [1.807, 2.05) is 12.1 Å². The molecule has 122 valence electrons. The lowest BCUT2D eigenvalue weighted by atomic mass is 9.90. The predicted molar refractivity (Wildman–Crippen MR) is 86.0 cm³/mol. The summed E-state index contributed by atoms with van der Waals surface area (Å²) in [6.07, 6.45) is 7.81. The molecular formula is C16H26N4O2. The Hall–Kier alpha value is -1.82. The monoisotopic (exact) mass is 306 g/mol. The molecule has 2 atom stereocenters. The number of urea groups is 1. The Labute approximate surface area is 132 Å². The Morgan fingerprint density at radius 3 is 3.05 bits per heavy atom. The average Bonchev–Trinajstić information content (AvgIpc) is 2.53. The minimum absolute atomic E-state index is 0.112. The Morgan fingerprint density at radius 2 is 2.32 bits per heavy atom.